The predicted molar refractivity (Wildman–Crippen MR) is 156 cm³/mol. The van der Waals surface area contributed by atoms with Crippen LogP contribution in [-0.4, -0.2) is 8.80 Å². The van der Waals surface area contributed by atoms with Gasteiger partial charge in [-0.25, -0.2) is 0 Å². The molecular formula is C35H28N2. The van der Waals surface area contributed by atoms with Crippen LogP contribution in [0.2, 0.25) is 0 Å². The molecule has 0 unspecified atom stereocenters. The average Bonchev–Trinajstić information content (AvgIpc) is 3.53. The Kier molecular flexibility index (Phi) is 6.14. The molecule has 7 rings (SSSR count). The molecule has 2 heteroatoms. The van der Waals surface area contributed by atoms with Crippen molar-refractivity contribution in [2.75, 3.05) is 0 Å². The first-order valence-electron chi connectivity index (χ1n) is 12.6. The summed E-state index contributed by atoms with van der Waals surface area (Å²) in [6.45, 7) is 2.16. The maximum absolute atomic E-state index is 2.24. The van der Waals surface area contributed by atoms with Gasteiger partial charge in [-0.05, 0) is 53.9 Å². The van der Waals surface area contributed by atoms with Gasteiger partial charge in [-0.15, -0.1) is 0 Å². The van der Waals surface area contributed by atoms with Gasteiger partial charge < -0.3 is 8.80 Å². The van der Waals surface area contributed by atoms with E-state index in [-0.39, 0.29) is 0 Å². The van der Waals surface area contributed by atoms with Crippen LogP contribution in [0, 0.1) is 6.92 Å². The minimum atomic E-state index is 1.24. The van der Waals surface area contributed by atoms with Crippen LogP contribution in [0.25, 0.3) is 44.4 Å². The smallest absolute Gasteiger partial charge is 0.0534 e. The lowest BCUT2D eigenvalue weighted by atomic mass is 9.98. The number of nitrogens with zero attached hydrogens (tertiary/aromatic N) is 2. The van der Waals surface area contributed by atoms with Crippen molar-refractivity contribution >= 4 is 11.0 Å². The van der Waals surface area contributed by atoms with E-state index in [1.54, 1.807) is 0 Å². The molecule has 0 aliphatic rings. The van der Waals surface area contributed by atoms with E-state index in [4.69, 9.17) is 0 Å². The normalized spacial score (nSPS) is 10.8. The molecule has 178 valence electrons. The first-order valence-corrected chi connectivity index (χ1v) is 12.6. The molecule has 0 N–H and O–H groups in total. The molecule has 0 radical (unpaired) electrons. The molecule has 4 heterocycles. The maximum Gasteiger partial charge on any atom is 0.0534 e. The van der Waals surface area contributed by atoms with Crippen LogP contribution in [-0.2, 0) is 0 Å². The Balaban J connectivity index is 0.000000141. The number of fused-ring (bicyclic) bond motifs is 2. The standard InChI is InChI=1S/C20H15N.C15H13N/c1-3-9-16(10-4-1)18-15-21-14-8-7-13-19(21)20(18)17-11-5-2-6-12-17;1-12-15(13-7-3-2-4-8-13)11-14-9-5-6-10-16(12)14/h1-15H;2-11H,1H3. The molecule has 0 fully saturated rings. The molecule has 0 spiro atoms. The Morgan fingerprint density at radius 2 is 1.03 bits per heavy atom. The highest BCUT2D eigenvalue weighted by molar-refractivity contribution is 5.94. The minimum Gasteiger partial charge on any atom is -0.323 e. The topological polar surface area (TPSA) is 8.82 Å². The van der Waals surface area contributed by atoms with E-state index < -0.39 is 0 Å². The number of hydrogen-bond acceptors (Lipinski definition) is 0. The van der Waals surface area contributed by atoms with Crippen molar-refractivity contribution < 1.29 is 0 Å². The quantitative estimate of drug-likeness (QED) is 0.240. The molecule has 0 amide bonds. The number of aromatic nitrogens is 2. The number of aryl methyl sites for hydroxylation is 1. The molecular weight excluding hydrogens is 448 g/mol. The summed E-state index contributed by atoms with van der Waals surface area (Å²) >= 11 is 0. The van der Waals surface area contributed by atoms with Crippen molar-refractivity contribution in [1.29, 1.82) is 0 Å². The lowest BCUT2D eigenvalue weighted by Gasteiger charge is -2.05. The molecule has 7 aromatic rings. The van der Waals surface area contributed by atoms with Crippen LogP contribution in [0.15, 0.2) is 152 Å². The summed E-state index contributed by atoms with van der Waals surface area (Å²) in [5, 5.41) is 0. The van der Waals surface area contributed by atoms with Crippen molar-refractivity contribution in [3.63, 3.8) is 0 Å². The molecule has 2 nitrogen and oxygen atoms in total. The second kappa shape index (κ2) is 10.0. The van der Waals surface area contributed by atoms with Gasteiger partial charge in [-0.3, -0.25) is 0 Å². The van der Waals surface area contributed by atoms with E-state index in [1.807, 2.05) is 0 Å². The molecule has 4 aromatic heterocycles. The van der Waals surface area contributed by atoms with Gasteiger partial charge in [0, 0.05) is 46.5 Å². The largest absolute Gasteiger partial charge is 0.323 e. The third-order valence-corrected chi connectivity index (χ3v) is 6.85. The maximum atomic E-state index is 2.24. The Morgan fingerprint density at radius 3 is 1.68 bits per heavy atom. The van der Waals surface area contributed by atoms with E-state index in [0.717, 1.165) is 0 Å². The van der Waals surface area contributed by atoms with Gasteiger partial charge in [0.05, 0.1) is 5.52 Å². The molecule has 0 bridgehead atoms. The van der Waals surface area contributed by atoms with Gasteiger partial charge in [0.1, 0.15) is 0 Å². The van der Waals surface area contributed by atoms with Crippen molar-refractivity contribution in [1.82, 2.24) is 8.80 Å². The molecule has 0 atom stereocenters. The van der Waals surface area contributed by atoms with E-state index in [9.17, 15) is 0 Å². The Hall–Kier alpha value is -4.82. The Bertz CT molecular complexity index is 1760. The highest BCUT2D eigenvalue weighted by atomic mass is 14.9. The summed E-state index contributed by atoms with van der Waals surface area (Å²) in [6, 6.07) is 46.5. The number of hydrogen-bond donors (Lipinski definition) is 0. The highest BCUT2D eigenvalue weighted by Gasteiger charge is 2.13. The first-order chi connectivity index (χ1) is 18.3. The number of benzene rings is 3. The lowest BCUT2D eigenvalue weighted by Crippen LogP contribution is -1.85. The number of rotatable bonds is 3. The van der Waals surface area contributed by atoms with Crippen molar-refractivity contribution in [3.05, 3.63) is 158 Å². The summed E-state index contributed by atoms with van der Waals surface area (Å²) in [4.78, 5) is 0. The first kappa shape index (κ1) is 22.6. The van der Waals surface area contributed by atoms with Crippen molar-refractivity contribution in [2.24, 2.45) is 0 Å². The fraction of sp³-hybridized carbons (Fsp3) is 0.0286. The zero-order valence-electron chi connectivity index (χ0n) is 20.8. The van der Waals surface area contributed by atoms with Crippen LogP contribution in [0.4, 0.5) is 0 Å². The summed E-state index contributed by atoms with van der Waals surface area (Å²) in [6.07, 6.45) is 6.43. The molecule has 0 aliphatic carbocycles. The van der Waals surface area contributed by atoms with Gasteiger partial charge in [0.2, 0.25) is 0 Å². The molecule has 0 saturated carbocycles. The molecule has 0 saturated heterocycles. The van der Waals surface area contributed by atoms with Gasteiger partial charge >= 0.3 is 0 Å². The second-order valence-corrected chi connectivity index (χ2v) is 9.15. The van der Waals surface area contributed by atoms with Crippen LogP contribution in [0.3, 0.4) is 0 Å². The summed E-state index contributed by atoms with van der Waals surface area (Å²) in [7, 11) is 0. The minimum absolute atomic E-state index is 1.24. The summed E-state index contributed by atoms with van der Waals surface area (Å²) < 4.78 is 4.42. The van der Waals surface area contributed by atoms with E-state index in [1.165, 1.54) is 50.1 Å². The second-order valence-electron chi connectivity index (χ2n) is 9.15. The van der Waals surface area contributed by atoms with E-state index in [0.29, 0.717) is 0 Å². The zero-order chi connectivity index (χ0) is 25.0. The fourth-order valence-corrected chi connectivity index (χ4v) is 5.04. The van der Waals surface area contributed by atoms with Crippen molar-refractivity contribution in [3.8, 4) is 33.4 Å². The third-order valence-electron chi connectivity index (χ3n) is 6.85. The lowest BCUT2D eigenvalue weighted by molar-refractivity contribution is 1.11. The van der Waals surface area contributed by atoms with Crippen molar-refractivity contribution in [2.45, 2.75) is 6.92 Å². The monoisotopic (exact) mass is 476 g/mol. The average molecular weight is 477 g/mol. The van der Waals surface area contributed by atoms with Crippen LogP contribution >= 0.6 is 0 Å². The van der Waals surface area contributed by atoms with Gasteiger partial charge in [0.15, 0.2) is 0 Å². The van der Waals surface area contributed by atoms with Gasteiger partial charge in [-0.2, -0.15) is 0 Å². The zero-order valence-corrected chi connectivity index (χ0v) is 20.8. The fourth-order valence-electron chi connectivity index (χ4n) is 5.04. The van der Waals surface area contributed by atoms with Gasteiger partial charge in [0.25, 0.3) is 0 Å². The van der Waals surface area contributed by atoms with E-state index >= 15 is 0 Å². The van der Waals surface area contributed by atoms with Crippen LogP contribution in [0.1, 0.15) is 5.69 Å². The highest BCUT2D eigenvalue weighted by Crippen LogP contribution is 2.36. The summed E-state index contributed by atoms with van der Waals surface area (Å²) in [5.41, 5.74) is 11.4. The van der Waals surface area contributed by atoms with Gasteiger partial charge in [-0.1, -0.05) is 103 Å². The Labute approximate surface area is 217 Å². The van der Waals surface area contributed by atoms with E-state index in [2.05, 4.69) is 168 Å². The Morgan fingerprint density at radius 1 is 0.486 bits per heavy atom. The molecule has 3 aromatic carbocycles. The SMILES string of the molecule is Cc1c(-c2ccccc2)cc2ccccn12.c1ccc(-c2cn3ccccc3c2-c2ccccc2)cc1. The van der Waals surface area contributed by atoms with Crippen LogP contribution in [0.5, 0.6) is 0 Å². The van der Waals surface area contributed by atoms with Crippen LogP contribution < -0.4 is 0 Å². The summed E-state index contributed by atoms with van der Waals surface area (Å²) in [5.74, 6) is 0. The molecule has 0 aliphatic heterocycles. The third kappa shape index (κ3) is 4.46. The molecule has 37 heavy (non-hydrogen) atoms. The predicted octanol–water partition coefficient (Wildman–Crippen LogP) is 9.19. The number of pyridine rings is 2.